The molecule has 0 aliphatic carbocycles. The maximum Gasteiger partial charge on any atom is 0.256 e. The second kappa shape index (κ2) is 11.5. The van der Waals surface area contributed by atoms with Gasteiger partial charge in [-0.25, -0.2) is 9.37 Å². The number of hydrogen-bond acceptors (Lipinski definition) is 6. The molecule has 0 spiro atoms. The van der Waals surface area contributed by atoms with E-state index in [-0.39, 0.29) is 23.6 Å². The summed E-state index contributed by atoms with van der Waals surface area (Å²) >= 11 is 1.63. The summed E-state index contributed by atoms with van der Waals surface area (Å²) in [6, 6.07) is 11.1. The van der Waals surface area contributed by atoms with Crippen molar-refractivity contribution in [2.75, 3.05) is 50.3 Å². The summed E-state index contributed by atoms with van der Waals surface area (Å²) in [6.45, 7) is 12.8. The van der Waals surface area contributed by atoms with E-state index in [1.807, 2.05) is 38.1 Å². The minimum absolute atomic E-state index is 0.0137. The third-order valence-corrected chi connectivity index (χ3v) is 7.24. The minimum atomic E-state index is -0.260. The molecule has 1 N–H and O–H groups in total. The van der Waals surface area contributed by atoms with Crippen LogP contribution in [0.5, 0.6) is 0 Å². The second-order valence-corrected chi connectivity index (χ2v) is 10.7. The van der Waals surface area contributed by atoms with E-state index in [2.05, 4.69) is 33.9 Å². The Bertz CT molecular complexity index is 1120. The van der Waals surface area contributed by atoms with Crippen molar-refractivity contribution in [3.63, 3.8) is 0 Å². The topological polar surface area (TPSA) is 61.6 Å². The second-order valence-electron chi connectivity index (χ2n) is 9.70. The lowest BCUT2D eigenvalue weighted by molar-refractivity contribution is -0.117. The number of halogens is 1. The summed E-state index contributed by atoms with van der Waals surface area (Å²) in [4.78, 5) is 22.0. The molecule has 1 saturated heterocycles. The van der Waals surface area contributed by atoms with Crippen LogP contribution < -0.4 is 5.32 Å². The Morgan fingerprint density at radius 2 is 1.77 bits per heavy atom. The predicted octanol–water partition coefficient (Wildman–Crippen LogP) is 5.56. The van der Waals surface area contributed by atoms with E-state index in [4.69, 9.17) is 4.42 Å². The van der Waals surface area contributed by atoms with Crippen LogP contribution in [0, 0.1) is 5.82 Å². The number of carbonyl (C=O) groups excluding carboxylic acids is 1. The van der Waals surface area contributed by atoms with Crippen molar-refractivity contribution in [1.82, 2.24) is 14.8 Å². The molecule has 2 aromatic carbocycles. The summed E-state index contributed by atoms with van der Waals surface area (Å²) in [6.07, 6.45) is 0. The Morgan fingerprint density at radius 1 is 1.06 bits per heavy atom. The van der Waals surface area contributed by atoms with Gasteiger partial charge in [-0.2, -0.15) is 0 Å². The number of fused-ring (bicyclic) bond motifs is 1. The van der Waals surface area contributed by atoms with Gasteiger partial charge in [-0.15, -0.1) is 0 Å². The van der Waals surface area contributed by atoms with Gasteiger partial charge in [0, 0.05) is 44.0 Å². The van der Waals surface area contributed by atoms with Crippen LogP contribution in [-0.2, 0) is 4.79 Å². The number of carbonyl (C=O) groups is 1. The van der Waals surface area contributed by atoms with Gasteiger partial charge in [0.15, 0.2) is 5.58 Å². The zero-order valence-corrected chi connectivity index (χ0v) is 21.8. The summed E-state index contributed by atoms with van der Waals surface area (Å²) in [5.74, 6) is 0.742. The summed E-state index contributed by atoms with van der Waals surface area (Å²) in [7, 11) is 0. The van der Waals surface area contributed by atoms with Crippen molar-refractivity contribution in [3.8, 4) is 0 Å². The molecule has 35 heavy (non-hydrogen) atoms. The maximum absolute atomic E-state index is 14.6. The number of thioether (sulfide) groups is 1. The molecule has 188 valence electrons. The third kappa shape index (κ3) is 6.42. The van der Waals surface area contributed by atoms with Gasteiger partial charge in [0.1, 0.15) is 11.3 Å². The molecule has 1 aliphatic rings. The average molecular weight is 499 g/mol. The quantitative estimate of drug-likeness (QED) is 0.390. The fraction of sp³-hybridized carbons (Fsp3) is 0.481. The Balaban J connectivity index is 1.25. The molecule has 1 fully saturated rings. The van der Waals surface area contributed by atoms with Crippen molar-refractivity contribution in [1.29, 1.82) is 0 Å². The molecule has 1 amide bonds. The van der Waals surface area contributed by atoms with Crippen molar-refractivity contribution in [3.05, 3.63) is 53.3 Å². The number of para-hydroxylation sites is 2. The molecule has 0 atom stereocenters. The maximum atomic E-state index is 14.6. The molecule has 0 radical (unpaired) electrons. The van der Waals surface area contributed by atoms with Gasteiger partial charge in [-0.05, 0) is 35.6 Å². The Hall–Kier alpha value is -2.42. The number of nitrogens with one attached hydrogen (secondary N) is 1. The smallest absolute Gasteiger partial charge is 0.256 e. The normalized spacial score (nSPS) is 15.4. The number of aromatic nitrogens is 1. The van der Waals surface area contributed by atoms with Crippen LogP contribution >= 0.6 is 11.8 Å². The number of amides is 1. The van der Waals surface area contributed by atoms with Gasteiger partial charge in [0.25, 0.3) is 5.22 Å². The number of piperazine rings is 1. The highest BCUT2D eigenvalue weighted by molar-refractivity contribution is 7.99. The van der Waals surface area contributed by atoms with Gasteiger partial charge in [-0.3, -0.25) is 14.6 Å². The highest BCUT2D eigenvalue weighted by Crippen LogP contribution is 2.34. The third-order valence-electron chi connectivity index (χ3n) is 6.43. The van der Waals surface area contributed by atoms with E-state index in [0.29, 0.717) is 23.0 Å². The van der Waals surface area contributed by atoms with Gasteiger partial charge < -0.3 is 9.73 Å². The molecule has 3 aromatic rings. The zero-order valence-electron chi connectivity index (χ0n) is 21.0. The van der Waals surface area contributed by atoms with E-state index >= 15 is 0 Å². The molecule has 1 aromatic heterocycles. The number of anilines is 1. The molecule has 0 unspecified atom stereocenters. The molecule has 4 rings (SSSR count). The molecular weight excluding hydrogens is 463 g/mol. The average Bonchev–Trinajstić information content (AvgIpc) is 3.22. The standard InChI is InChI=1S/C27H35FN4O2S/c1-18(2)20-9-10-21(28)25(19(3)4)26(20)30-24(33)17-32-13-11-31(12-14-32)15-16-35-27-29-22-7-5-6-8-23(22)34-27/h5-10,18-19H,11-17H2,1-4H3,(H,30,33). The first kappa shape index (κ1) is 25.7. The number of oxazole rings is 1. The van der Waals surface area contributed by atoms with Crippen molar-refractivity contribution < 1.29 is 13.6 Å². The lowest BCUT2D eigenvalue weighted by atomic mass is 9.92. The fourth-order valence-electron chi connectivity index (χ4n) is 4.52. The van der Waals surface area contributed by atoms with Crippen molar-refractivity contribution >= 4 is 34.5 Å². The molecule has 0 bridgehead atoms. The monoisotopic (exact) mass is 498 g/mol. The molecule has 6 nitrogen and oxygen atoms in total. The predicted molar refractivity (Wildman–Crippen MR) is 141 cm³/mol. The van der Waals surface area contributed by atoms with Crippen LogP contribution in [-0.4, -0.2) is 65.7 Å². The number of benzene rings is 2. The van der Waals surface area contributed by atoms with Crippen molar-refractivity contribution in [2.45, 2.75) is 44.8 Å². The van der Waals surface area contributed by atoms with Gasteiger partial charge in [-0.1, -0.05) is 57.7 Å². The molecule has 0 saturated carbocycles. The largest absolute Gasteiger partial charge is 0.431 e. The molecule has 2 heterocycles. The molecule has 1 aliphatic heterocycles. The van der Waals surface area contributed by atoms with Crippen molar-refractivity contribution in [2.24, 2.45) is 0 Å². The fourth-order valence-corrected chi connectivity index (χ4v) is 5.36. The van der Waals surface area contributed by atoms with Crippen LogP contribution in [0.3, 0.4) is 0 Å². The minimum Gasteiger partial charge on any atom is -0.431 e. The Labute approximate surface area is 211 Å². The summed E-state index contributed by atoms with van der Waals surface area (Å²) in [5, 5.41) is 3.76. The highest BCUT2D eigenvalue weighted by atomic mass is 32.2. The SMILES string of the molecule is CC(C)c1ccc(F)c(C(C)C)c1NC(=O)CN1CCN(CCSc2nc3ccccc3o2)CC1. The number of hydrogen-bond donors (Lipinski definition) is 1. The van der Waals surface area contributed by atoms with Crippen LogP contribution in [0.2, 0.25) is 0 Å². The molecular formula is C27H35FN4O2S. The Morgan fingerprint density at radius 3 is 2.46 bits per heavy atom. The number of rotatable bonds is 9. The van der Waals surface area contributed by atoms with E-state index in [1.165, 1.54) is 6.07 Å². The van der Waals surface area contributed by atoms with E-state index in [9.17, 15) is 9.18 Å². The lowest BCUT2D eigenvalue weighted by Crippen LogP contribution is -2.49. The van der Waals surface area contributed by atoms with Gasteiger partial charge >= 0.3 is 0 Å². The van der Waals surface area contributed by atoms with E-state index in [1.54, 1.807) is 17.8 Å². The number of nitrogens with zero attached hydrogens (tertiary/aromatic N) is 3. The summed E-state index contributed by atoms with van der Waals surface area (Å²) < 4.78 is 20.4. The van der Waals surface area contributed by atoms with Crippen LogP contribution in [0.25, 0.3) is 11.1 Å². The van der Waals surface area contributed by atoms with E-state index < -0.39 is 0 Å². The first-order chi connectivity index (χ1) is 16.8. The van der Waals surface area contributed by atoms with Gasteiger partial charge in [0.2, 0.25) is 5.91 Å². The lowest BCUT2D eigenvalue weighted by Gasteiger charge is -2.34. The van der Waals surface area contributed by atoms with E-state index in [0.717, 1.165) is 55.1 Å². The van der Waals surface area contributed by atoms with Crippen LogP contribution in [0.4, 0.5) is 10.1 Å². The zero-order chi connectivity index (χ0) is 24.9. The summed E-state index contributed by atoms with van der Waals surface area (Å²) in [5.41, 5.74) is 3.92. The van der Waals surface area contributed by atoms with Crippen LogP contribution in [0.15, 0.2) is 46.0 Å². The molecule has 8 heteroatoms. The highest BCUT2D eigenvalue weighted by Gasteiger charge is 2.23. The first-order valence-corrected chi connectivity index (χ1v) is 13.4. The van der Waals surface area contributed by atoms with Crippen LogP contribution in [0.1, 0.15) is 50.7 Å². The first-order valence-electron chi connectivity index (χ1n) is 12.4. The van der Waals surface area contributed by atoms with Gasteiger partial charge in [0.05, 0.1) is 12.2 Å². The Kier molecular flexibility index (Phi) is 8.46.